The van der Waals surface area contributed by atoms with Gasteiger partial charge in [-0.05, 0) is 7.05 Å². The third-order valence-electron chi connectivity index (χ3n) is 1.85. The van der Waals surface area contributed by atoms with Gasteiger partial charge in [0.25, 0.3) is 5.92 Å². The second-order valence-electron chi connectivity index (χ2n) is 2.81. The topological polar surface area (TPSA) is 23.5 Å². The molecule has 0 amide bonds. The van der Waals surface area contributed by atoms with Crippen molar-refractivity contribution in [3.8, 4) is 0 Å². The predicted molar refractivity (Wildman–Crippen MR) is 33.1 cm³/mol. The predicted octanol–water partition coefficient (Wildman–Crippen LogP) is 0.316. The number of alkyl halides is 2. The van der Waals surface area contributed by atoms with E-state index in [1.807, 2.05) is 0 Å². The number of hydrogen-bond donors (Lipinski definition) is 1. The van der Waals surface area contributed by atoms with Crippen molar-refractivity contribution in [2.45, 2.75) is 18.4 Å². The third kappa shape index (κ3) is 2.77. The molecule has 1 fully saturated rings. The van der Waals surface area contributed by atoms with E-state index < -0.39 is 5.92 Å². The van der Waals surface area contributed by atoms with Gasteiger partial charge in [0.1, 0.15) is 0 Å². The van der Waals surface area contributed by atoms with Gasteiger partial charge in [0, 0.05) is 33.5 Å². The Balaban J connectivity index is 0.000001000. The van der Waals surface area contributed by atoms with Crippen molar-refractivity contribution in [3.05, 3.63) is 0 Å². The largest absolute Gasteiger partial charge is 0.395 e. The molecule has 66 valence electrons. The summed E-state index contributed by atoms with van der Waals surface area (Å²) in [6, 6.07) is -0.352. The monoisotopic (exact) mass is 335 g/mol. The van der Waals surface area contributed by atoms with Crippen LogP contribution < -0.4 is 0 Å². The summed E-state index contributed by atoms with van der Waals surface area (Å²) in [5.41, 5.74) is 0. The molecule has 0 aliphatic carbocycles. The van der Waals surface area contributed by atoms with E-state index in [0.717, 1.165) is 0 Å². The molecule has 0 radical (unpaired) electrons. The van der Waals surface area contributed by atoms with Crippen molar-refractivity contribution in [2.75, 3.05) is 20.2 Å². The molecule has 0 bridgehead atoms. The minimum atomic E-state index is -2.60. The number of likely N-dealkylation sites (tertiary alicyclic amines) is 1. The number of hydrogen-bond acceptors (Lipinski definition) is 2. The number of aliphatic hydroxyl groups excluding tert-OH is 1. The average Bonchev–Trinajstić information content (AvgIpc) is 2.05. The third-order valence-corrected chi connectivity index (χ3v) is 1.85. The number of nitrogens with zero attached hydrogens (tertiary/aromatic N) is 1. The van der Waals surface area contributed by atoms with Crippen LogP contribution in [-0.2, 0) is 21.1 Å². The molecule has 1 aliphatic heterocycles. The Bertz CT molecular complexity index is 134. The van der Waals surface area contributed by atoms with Gasteiger partial charge >= 0.3 is 0 Å². The normalized spacial score (nSPS) is 30.0. The Morgan fingerprint density at radius 3 is 2.36 bits per heavy atom. The fourth-order valence-corrected chi connectivity index (χ4v) is 1.26. The maximum atomic E-state index is 12.5. The molecule has 11 heavy (non-hydrogen) atoms. The van der Waals surface area contributed by atoms with Crippen LogP contribution in [0.15, 0.2) is 0 Å². The van der Waals surface area contributed by atoms with Crippen LogP contribution in [0.5, 0.6) is 0 Å². The van der Waals surface area contributed by atoms with Crippen molar-refractivity contribution in [3.63, 3.8) is 0 Å². The zero-order valence-corrected chi connectivity index (χ0v) is 9.19. The van der Waals surface area contributed by atoms with Crippen molar-refractivity contribution >= 4 is 0 Å². The van der Waals surface area contributed by atoms with E-state index >= 15 is 0 Å². The van der Waals surface area contributed by atoms with Gasteiger partial charge in [0.2, 0.25) is 0 Å². The molecule has 1 unspecified atom stereocenters. The van der Waals surface area contributed by atoms with E-state index in [0.29, 0.717) is 0 Å². The summed E-state index contributed by atoms with van der Waals surface area (Å²) < 4.78 is 25.0. The van der Waals surface area contributed by atoms with E-state index in [1.165, 1.54) is 4.90 Å². The molecule has 1 atom stereocenters. The minimum absolute atomic E-state index is 0. The summed E-state index contributed by atoms with van der Waals surface area (Å²) in [7, 11) is 1.60. The number of likely N-dealkylation sites (N-methyl/N-ethyl adjacent to an activating group) is 1. The van der Waals surface area contributed by atoms with Gasteiger partial charge in [-0.15, -0.1) is 0 Å². The van der Waals surface area contributed by atoms with E-state index in [2.05, 4.69) is 0 Å². The van der Waals surface area contributed by atoms with Gasteiger partial charge in [-0.25, -0.2) is 8.78 Å². The van der Waals surface area contributed by atoms with Crippen molar-refractivity contribution < 1.29 is 35.0 Å². The molecule has 1 heterocycles. The molecule has 0 aromatic rings. The van der Waals surface area contributed by atoms with Gasteiger partial charge in [0.15, 0.2) is 0 Å². The van der Waals surface area contributed by atoms with Crippen LogP contribution in [0, 0.1) is 0 Å². The number of aliphatic hydroxyl groups is 1. The summed E-state index contributed by atoms with van der Waals surface area (Å²) in [5, 5.41) is 8.59. The first kappa shape index (κ1) is 11.5. The Kier molecular flexibility index (Phi) is 4.09. The zero-order valence-electron chi connectivity index (χ0n) is 6.26. The molecule has 1 saturated heterocycles. The fraction of sp³-hybridized carbons (Fsp3) is 1.00. The SMILES string of the molecule is CN1CC(F)(F)CC1CO.[W]. The molecule has 1 N–H and O–H groups in total. The van der Waals surface area contributed by atoms with Gasteiger partial charge in [-0.3, -0.25) is 4.90 Å². The maximum Gasteiger partial charge on any atom is 0.262 e. The van der Waals surface area contributed by atoms with Gasteiger partial charge in [-0.2, -0.15) is 0 Å². The smallest absolute Gasteiger partial charge is 0.262 e. The molecule has 1 rings (SSSR count). The Morgan fingerprint density at radius 1 is 1.64 bits per heavy atom. The quantitative estimate of drug-likeness (QED) is 0.746. The molecule has 5 heteroatoms. The van der Waals surface area contributed by atoms with Crippen molar-refractivity contribution in [1.29, 1.82) is 0 Å². The van der Waals surface area contributed by atoms with E-state index in [9.17, 15) is 8.78 Å². The van der Waals surface area contributed by atoms with E-state index in [-0.39, 0.29) is 46.7 Å². The first-order valence-electron chi connectivity index (χ1n) is 3.24. The molecule has 2 nitrogen and oxygen atoms in total. The molecular formula is C6H11F2NOW. The van der Waals surface area contributed by atoms with Crippen LogP contribution in [0.3, 0.4) is 0 Å². The van der Waals surface area contributed by atoms with Crippen LogP contribution in [0.2, 0.25) is 0 Å². The van der Waals surface area contributed by atoms with Crippen LogP contribution in [0.1, 0.15) is 6.42 Å². The van der Waals surface area contributed by atoms with Crippen LogP contribution in [0.25, 0.3) is 0 Å². The van der Waals surface area contributed by atoms with Crippen molar-refractivity contribution in [2.24, 2.45) is 0 Å². The summed E-state index contributed by atoms with van der Waals surface area (Å²) in [5.74, 6) is -2.60. The summed E-state index contributed by atoms with van der Waals surface area (Å²) in [4.78, 5) is 1.49. The van der Waals surface area contributed by atoms with E-state index in [1.54, 1.807) is 7.05 Å². The Morgan fingerprint density at radius 2 is 2.18 bits per heavy atom. The Hall–Kier alpha value is 0.468. The standard InChI is InChI=1S/C6H11F2NO.W/c1-9-4-6(7,8)2-5(9)3-10;/h5,10H,2-4H2,1H3;. The average molecular weight is 335 g/mol. The van der Waals surface area contributed by atoms with Gasteiger partial charge < -0.3 is 5.11 Å². The minimum Gasteiger partial charge on any atom is -0.395 e. The number of halogens is 2. The summed E-state index contributed by atoms with van der Waals surface area (Å²) in [6.07, 6.45) is -0.208. The summed E-state index contributed by atoms with van der Waals surface area (Å²) in [6.45, 7) is -0.398. The molecular weight excluding hydrogens is 324 g/mol. The molecule has 0 saturated carbocycles. The number of rotatable bonds is 1. The first-order chi connectivity index (χ1) is 4.55. The van der Waals surface area contributed by atoms with Crippen LogP contribution >= 0.6 is 0 Å². The van der Waals surface area contributed by atoms with Crippen LogP contribution in [0.4, 0.5) is 8.78 Å². The second-order valence-corrected chi connectivity index (χ2v) is 2.81. The molecule has 0 spiro atoms. The van der Waals surface area contributed by atoms with Gasteiger partial charge in [0.05, 0.1) is 13.2 Å². The molecule has 0 aromatic carbocycles. The molecule has 0 aromatic heterocycles. The zero-order chi connectivity index (χ0) is 7.78. The first-order valence-corrected chi connectivity index (χ1v) is 3.24. The summed E-state index contributed by atoms with van der Waals surface area (Å²) >= 11 is 0. The van der Waals surface area contributed by atoms with Crippen LogP contribution in [-0.4, -0.2) is 42.2 Å². The van der Waals surface area contributed by atoms with Gasteiger partial charge in [-0.1, -0.05) is 0 Å². The molecule has 1 aliphatic rings. The Labute approximate surface area is 78.8 Å². The van der Waals surface area contributed by atoms with Crippen molar-refractivity contribution in [1.82, 2.24) is 4.90 Å². The fourth-order valence-electron chi connectivity index (χ4n) is 1.26. The second kappa shape index (κ2) is 3.92. The van der Waals surface area contributed by atoms with E-state index in [4.69, 9.17) is 5.11 Å². The maximum absolute atomic E-state index is 12.5.